The summed E-state index contributed by atoms with van der Waals surface area (Å²) in [7, 11) is 1.94. The van der Waals surface area contributed by atoms with Crippen molar-refractivity contribution in [1.29, 1.82) is 0 Å². The number of ether oxygens (including phenoxy) is 1. The third-order valence-electron chi connectivity index (χ3n) is 2.60. The fraction of sp³-hybridized carbons (Fsp3) is 0.750. The first kappa shape index (κ1) is 17.1. The van der Waals surface area contributed by atoms with E-state index in [1.807, 2.05) is 39.6 Å². The molecule has 114 valence electrons. The van der Waals surface area contributed by atoms with Gasteiger partial charge in [0.25, 0.3) is 0 Å². The molecule has 0 saturated heterocycles. The molecule has 0 radical (unpaired) electrons. The number of hydrogen-bond donors (Lipinski definition) is 1. The van der Waals surface area contributed by atoms with Gasteiger partial charge in [0.2, 0.25) is 0 Å². The molecule has 6 nitrogen and oxygen atoms in total. The van der Waals surface area contributed by atoms with Crippen LogP contribution in [0, 0.1) is 0 Å². The predicted octanol–water partition coefficient (Wildman–Crippen LogP) is 2.54. The minimum Gasteiger partial charge on any atom is -0.444 e. The number of carbonyl (C=O) groups is 1. The summed E-state index contributed by atoms with van der Waals surface area (Å²) in [6, 6.07) is 0.125. The van der Waals surface area contributed by atoms with Crippen molar-refractivity contribution in [2.75, 3.05) is 13.6 Å². The quantitative estimate of drug-likeness (QED) is 0.903. The number of halogens is 1. The second-order valence-corrected chi connectivity index (χ2v) is 7.00. The molecule has 8 heteroatoms. The number of nitrogens with one attached hydrogen (secondary N) is 1. The molecule has 0 aliphatic heterocycles. The van der Waals surface area contributed by atoms with Gasteiger partial charge in [-0.15, -0.1) is 5.10 Å². The van der Waals surface area contributed by atoms with Gasteiger partial charge in [-0.1, -0.05) is 16.1 Å². The van der Waals surface area contributed by atoms with Crippen LogP contribution in [0.5, 0.6) is 0 Å². The fourth-order valence-corrected chi connectivity index (χ4v) is 2.00. The Morgan fingerprint density at radius 2 is 2.20 bits per heavy atom. The summed E-state index contributed by atoms with van der Waals surface area (Å²) in [6.45, 7) is 8.58. The lowest BCUT2D eigenvalue weighted by Gasteiger charge is -2.25. The lowest BCUT2D eigenvalue weighted by Crippen LogP contribution is -2.41. The van der Waals surface area contributed by atoms with Crippen LogP contribution < -0.4 is 5.32 Å². The Labute approximate surface area is 128 Å². The first-order valence-electron chi connectivity index (χ1n) is 6.33. The van der Waals surface area contributed by atoms with E-state index in [-0.39, 0.29) is 6.04 Å². The van der Waals surface area contributed by atoms with E-state index in [1.54, 1.807) is 0 Å². The van der Waals surface area contributed by atoms with Crippen molar-refractivity contribution in [1.82, 2.24) is 19.8 Å². The Morgan fingerprint density at radius 3 is 2.70 bits per heavy atom. The molecule has 0 aliphatic rings. The molecule has 0 saturated carbocycles. The van der Waals surface area contributed by atoms with Gasteiger partial charge >= 0.3 is 6.09 Å². The normalized spacial score (nSPS) is 13.3. The van der Waals surface area contributed by atoms with Gasteiger partial charge in [0, 0.05) is 30.7 Å². The summed E-state index contributed by atoms with van der Waals surface area (Å²) in [5.74, 6) is 0. The van der Waals surface area contributed by atoms with E-state index in [0.717, 1.165) is 5.69 Å². The van der Waals surface area contributed by atoms with Crippen LogP contribution in [-0.4, -0.2) is 45.8 Å². The van der Waals surface area contributed by atoms with Crippen molar-refractivity contribution in [3.8, 4) is 0 Å². The molecule has 1 atom stereocenters. The molecular weight excluding hydrogens is 300 g/mol. The summed E-state index contributed by atoms with van der Waals surface area (Å²) in [5.41, 5.74) is 0.266. The van der Waals surface area contributed by atoms with Crippen molar-refractivity contribution in [3.05, 3.63) is 10.0 Å². The zero-order valence-electron chi connectivity index (χ0n) is 12.4. The number of amides is 1. The van der Waals surface area contributed by atoms with Crippen LogP contribution in [0.1, 0.15) is 33.4 Å². The van der Waals surface area contributed by atoms with Gasteiger partial charge in [0.1, 0.15) is 15.6 Å². The molecule has 0 aromatic carbocycles. The number of rotatable bonds is 5. The highest BCUT2D eigenvalue weighted by Crippen LogP contribution is 2.18. The van der Waals surface area contributed by atoms with Crippen LogP contribution in [0.4, 0.5) is 4.79 Å². The molecule has 0 unspecified atom stereocenters. The highest BCUT2D eigenvalue weighted by Gasteiger charge is 2.18. The Kier molecular flexibility index (Phi) is 6.16. The van der Waals surface area contributed by atoms with Gasteiger partial charge in [-0.2, -0.15) is 0 Å². The van der Waals surface area contributed by atoms with Gasteiger partial charge in [-0.05, 0) is 34.7 Å². The molecule has 20 heavy (non-hydrogen) atoms. The number of hydrogen-bond acceptors (Lipinski definition) is 6. The third-order valence-corrected chi connectivity index (χ3v) is 3.59. The molecule has 1 aromatic heterocycles. The minimum absolute atomic E-state index is 0.125. The molecular formula is C12H21ClN4O2S. The molecule has 0 bridgehead atoms. The van der Waals surface area contributed by atoms with Crippen molar-refractivity contribution in [3.63, 3.8) is 0 Å². The summed E-state index contributed by atoms with van der Waals surface area (Å²) < 4.78 is 9.58. The number of nitrogens with zero attached hydrogens (tertiary/aromatic N) is 3. The second-order valence-electron chi connectivity index (χ2n) is 5.64. The molecule has 1 aromatic rings. The minimum atomic E-state index is -0.487. The maximum atomic E-state index is 11.6. The number of alkyl carbamates (subject to hydrolysis) is 1. The van der Waals surface area contributed by atoms with Crippen molar-refractivity contribution in [2.24, 2.45) is 0 Å². The Hall–Kier alpha value is -0.920. The molecule has 1 heterocycles. The molecule has 0 spiro atoms. The SMILES string of the molecule is C[C@@H](CNC(=O)OC(C)(C)C)N(C)Cc1nnsc1Cl. The summed E-state index contributed by atoms with van der Waals surface area (Å²) in [5, 5.41) is 6.71. The highest BCUT2D eigenvalue weighted by molar-refractivity contribution is 7.10. The molecule has 1 rings (SSSR count). The average molecular weight is 321 g/mol. The van der Waals surface area contributed by atoms with Crippen LogP contribution in [-0.2, 0) is 11.3 Å². The average Bonchev–Trinajstić information content (AvgIpc) is 2.69. The van der Waals surface area contributed by atoms with Gasteiger partial charge in [0.15, 0.2) is 0 Å². The van der Waals surface area contributed by atoms with Crippen LogP contribution in [0.2, 0.25) is 4.34 Å². The zero-order chi connectivity index (χ0) is 15.3. The summed E-state index contributed by atoms with van der Waals surface area (Å²) in [4.78, 5) is 13.6. The maximum Gasteiger partial charge on any atom is 0.407 e. The van der Waals surface area contributed by atoms with E-state index in [2.05, 4.69) is 14.9 Å². The van der Waals surface area contributed by atoms with Crippen molar-refractivity contribution < 1.29 is 9.53 Å². The van der Waals surface area contributed by atoms with Gasteiger partial charge in [0.05, 0.1) is 0 Å². The molecule has 1 amide bonds. The maximum absolute atomic E-state index is 11.6. The van der Waals surface area contributed by atoms with Crippen LogP contribution in [0.15, 0.2) is 0 Å². The summed E-state index contributed by atoms with van der Waals surface area (Å²) in [6.07, 6.45) is -0.411. The topological polar surface area (TPSA) is 67.3 Å². The summed E-state index contributed by atoms with van der Waals surface area (Å²) >= 11 is 7.14. The fourth-order valence-electron chi connectivity index (χ4n) is 1.38. The Balaban J connectivity index is 2.37. The van der Waals surface area contributed by atoms with E-state index in [4.69, 9.17) is 16.3 Å². The molecule has 0 aliphatic carbocycles. The first-order chi connectivity index (χ1) is 9.19. The molecule has 0 fully saturated rings. The Morgan fingerprint density at radius 1 is 1.55 bits per heavy atom. The predicted molar refractivity (Wildman–Crippen MR) is 80.1 cm³/mol. The van der Waals surface area contributed by atoms with Crippen molar-refractivity contribution in [2.45, 2.75) is 45.9 Å². The smallest absolute Gasteiger partial charge is 0.407 e. The van der Waals surface area contributed by atoms with Gasteiger partial charge < -0.3 is 10.1 Å². The van der Waals surface area contributed by atoms with E-state index in [9.17, 15) is 4.79 Å². The zero-order valence-corrected chi connectivity index (χ0v) is 14.0. The number of aromatic nitrogens is 2. The lowest BCUT2D eigenvalue weighted by molar-refractivity contribution is 0.0512. The van der Waals surface area contributed by atoms with Crippen LogP contribution >= 0.6 is 23.1 Å². The third kappa shape index (κ3) is 6.02. The number of carbonyl (C=O) groups excluding carboxylic acids is 1. The van der Waals surface area contributed by atoms with Crippen molar-refractivity contribution >= 4 is 29.2 Å². The monoisotopic (exact) mass is 320 g/mol. The van der Waals surface area contributed by atoms with Crippen LogP contribution in [0.3, 0.4) is 0 Å². The van der Waals surface area contributed by atoms with E-state index >= 15 is 0 Å². The van der Waals surface area contributed by atoms with Gasteiger partial charge in [-0.25, -0.2) is 4.79 Å². The first-order valence-corrected chi connectivity index (χ1v) is 7.48. The van der Waals surface area contributed by atoms with Crippen LogP contribution in [0.25, 0.3) is 0 Å². The standard InChI is InChI=1S/C12H21ClN4O2S/c1-8(6-14-11(18)19-12(2,3)4)17(5)7-9-10(13)20-16-15-9/h8H,6-7H2,1-5H3,(H,14,18)/t8-/m0/s1. The Bertz CT molecular complexity index is 447. The number of likely N-dealkylation sites (N-methyl/N-ethyl adjacent to an activating group) is 1. The highest BCUT2D eigenvalue weighted by atomic mass is 35.5. The van der Waals surface area contributed by atoms with E-state index in [0.29, 0.717) is 17.4 Å². The molecule has 1 N–H and O–H groups in total. The van der Waals surface area contributed by atoms with E-state index < -0.39 is 11.7 Å². The second kappa shape index (κ2) is 7.19. The largest absolute Gasteiger partial charge is 0.444 e. The lowest BCUT2D eigenvalue weighted by atomic mass is 10.2. The van der Waals surface area contributed by atoms with E-state index in [1.165, 1.54) is 11.5 Å². The van der Waals surface area contributed by atoms with Gasteiger partial charge in [-0.3, -0.25) is 4.90 Å².